The minimum absolute atomic E-state index is 0.0242. The third-order valence-electron chi connectivity index (χ3n) is 3.78. The Morgan fingerprint density at radius 1 is 1.11 bits per heavy atom. The minimum Gasteiger partial charge on any atom is -0.463 e. The molecule has 2 aromatic carbocycles. The molecule has 0 aliphatic rings. The number of rotatable bonds is 7. The van der Waals surface area contributed by atoms with Crippen LogP contribution in [0.4, 0.5) is 5.69 Å². The van der Waals surface area contributed by atoms with E-state index in [0.29, 0.717) is 39.4 Å². The molecule has 1 aromatic heterocycles. The number of hydrogen-bond donors (Lipinski definition) is 1. The van der Waals surface area contributed by atoms with Crippen LogP contribution in [0, 0.1) is 0 Å². The summed E-state index contributed by atoms with van der Waals surface area (Å²) in [5.41, 5.74) is 1.72. The highest BCUT2D eigenvalue weighted by atomic mass is 35.5. The van der Waals surface area contributed by atoms with Crippen LogP contribution in [0.2, 0.25) is 10.0 Å². The van der Waals surface area contributed by atoms with Crippen molar-refractivity contribution in [1.82, 2.24) is 14.8 Å². The van der Waals surface area contributed by atoms with Gasteiger partial charge in [-0.05, 0) is 50.2 Å². The lowest BCUT2D eigenvalue weighted by molar-refractivity contribution is 0.312. The molecule has 0 bridgehead atoms. The van der Waals surface area contributed by atoms with Gasteiger partial charge in [-0.2, -0.15) is 4.98 Å². The number of hydrogen-bond acceptors (Lipinski definition) is 5. The van der Waals surface area contributed by atoms with Crippen LogP contribution in [0.3, 0.4) is 0 Å². The second kappa shape index (κ2) is 8.38. The first-order chi connectivity index (χ1) is 13.3. The highest BCUT2D eigenvalue weighted by Gasteiger charge is 2.16. The fraction of sp³-hybridized carbons (Fsp3) is 0.222. The first-order valence-electron chi connectivity index (χ1n) is 8.49. The first kappa shape index (κ1) is 20.4. The quantitative estimate of drug-likeness (QED) is 0.587. The monoisotopic (exact) mass is 440 g/mol. The number of anilines is 1. The van der Waals surface area contributed by atoms with Crippen molar-refractivity contribution < 1.29 is 13.2 Å². The van der Waals surface area contributed by atoms with Gasteiger partial charge in [-0.1, -0.05) is 29.3 Å². The van der Waals surface area contributed by atoms with Gasteiger partial charge in [-0.25, -0.2) is 13.1 Å². The molecule has 3 rings (SSSR count). The van der Waals surface area contributed by atoms with Crippen molar-refractivity contribution in [3.8, 4) is 23.1 Å². The zero-order chi connectivity index (χ0) is 20.3. The van der Waals surface area contributed by atoms with Gasteiger partial charge >= 0.3 is 6.01 Å². The molecular weight excluding hydrogens is 423 g/mol. The molecule has 0 aliphatic heterocycles. The molecule has 0 amide bonds. The van der Waals surface area contributed by atoms with E-state index in [0.717, 1.165) is 0 Å². The molecule has 0 saturated carbocycles. The van der Waals surface area contributed by atoms with Crippen LogP contribution in [0.5, 0.6) is 6.01 Å². The SMILES string of the molecule is CCOc1nc(-c2ccc(Cl)c(Cl)c2)n(-c2cccc(NS(=O)(=O)CC)c2)n1. The number of sulfonamides is 1. The van der Waals surface area contributed by atoms with Crippen molar-refractivity contribution in [2.45, 2.75) is 13.8 Å². The molecule has 0 fully saturated rings. The molecule has 0 unspecified atom stereocenters. The maximum atomic E-state index is 11.9. The molecule has 28 heavy (non-hydrogen) atoms. The van der Waals surface area contributed by atoms with E-state index in [9.17, 15) is 8.42 Å². The largest absolute Gasteiger partial charge is 0.463 e. The Bertz CT molecular complexity index is 1100. The van der Waals surface area contributed by atoms with Crippen LogP contribution in [-0.4, -0.2) is 35.5 Å². The molecule has 0 atom stereocenters. The zero-order valence-corrected chi connectivity index (χ0v) is 17.5. The minimum atomic E-state index is -3.40. The van der Waals surface area contributed by atoms with Gasteiger partial charge in [-0.15, -0.1) is 5.10 Å². The van der Waals surface area contributed by atoms with Crippen LogP contribution in [0.15, 0.2) is 42.5 Å². The Balaban J connectivity index is 2.09. The normalized spacial score (nSPS) is 11.4. The fourth-order valence-electron chi connectivity index (χ4n) is 2.44. The Labute approximate surface area is 173 Å². The van der Waals surface area contributed by atoms with E-state index in [4.69, 9.17) is 27.9 Å². The fourth-order valence-corrected chi connectivity index (χ4v) is 3.37. The second-order valence-corrected chi connectivity index (χ2v) is 8.57. The molecule has 1 heterocycles. The molecule has 3 aromatic rings. The van der Waals surface area contributed by atoms with Crippen molar-refractivity contribution >= 4 is 38.9 Å². The Kier molecular flexibility index (Phi) is 6.12. The number of nitrogens with zero attached hydrogens (tertiary/aromatic N) is 3. The standard InChI is InChI=1S/C18H18Cl2N4O3S/c1-3-27-18-21-17(12-8-9-15(19)16(20)10-12)24(22-18)14-7-5-6-13(11-14)23-28(25,26)4-2/h5-11,23H,3-4H2,1-2H3. The summed E-state index contributed by atoms with van der Waals surface area (Å²) in [7, 11) is -3.40. The average molecular weight is 441 g/mol. The number of halogens is 2. The van der Waals surface area contributed by atoms with E-state index in [2.05, 4.69) is 14.8 Å². The van der Waals surface area contributed by atoms with Crippen molar-refractivity contribution in [3.05, 3.63) is 52.5 Å². The van der Waals surface area contributed by atoms with E-state index >= 15 is 0 Å². The number of nitrogens with one attached hydrogen (secondary N) is 1. The average Bonchev–Trinajstić information content (AvgIpc) is 3.08. The van der Waals surface area contributed by atoms with Crippen LogP contribution >= 0.6 is 23.2 Å². The summed E-state index contributed by atoms with van der Waals surface area (Å²) in [6, 6.07) is 12.2. The summed E-state index contributed by atoms with van der Waals surface area (Å²) >= 11 is 12.2. The van der Waals surface area contributed by atoms with E-state index in [1.807, 2.05) is 6.92 Å². The molecule has 7 nitrogen and oxygen atoms in total. The molecule has 0 spiro atoms. The Hall–Kier alpha value is -2.29. The second-order valence-electron chi connectivity index (χ2n) is 5.75. The molecule has 0 saturated heterocycles. The molecule has 148 valence electrons. The van der Waals surface area contributed by atoms with E-state index in [-0.39, 0.29) is 11.8 Å². The van der Waals surface area contributed by atoms with Gasteiger partial charge in [0.05, 0.1) is 33.8 Å². The van der Waals surface area contributed by atoms with Gasteiger partial charge in [0.2, 0.25) is 10.0 Å². The van der Waals surface area contributed by atoms with Crippen LogP contribution in [0.25, 0.3) is 17.1 Å². The Morgan fingerprint density at radius 2 is 1.89 bits per heavy atom. The third-order valence-corrected chi connectivity index (χ3v) is 5.83. The lowest BCUT2D eigenvalue weighted by Crippen LogP contribution is -2.14. The van der Waals surface area contributed by atoms with Crippen molar-refractivity contribution in [2.24, 2.45) is 0 Å². The van der Waals surface area contributed by atoms with Crippen molar-refractivity contribution in [1.29, 1.82) is 0 Å². The molecule has 10 heteroatoms. The van der Waals surface area contributed by atoms with Gasteiger partial charge in [0.25, 0.3) is 0 Å². The summed E-state index contributed by atoms with van der Waals surface area (Å²) in [6.07, 6.45) is 0. The number of ether oxygens (including phenoxy) is 1. The van der Waals surface area contributed by atoms with E-state index < -0.39 is 10.0 Å². The molecular formula is C18H18Cl2N4O3S. The third kappa shape index (κ3) is 4.57. The summed E-state index contributed by atoms with van der Waals surface area (Å²) in [5, 5.41) is 5.20. The summed E-state index contributed by atoms with van der Waals surface area (Å²) < 4.78 is 33.3. The van der Waals surface area contributed by atoms with Gasteiger partial charge in [0, 0.05) is 5.56 Å². The van der Waals surface area contributed by atoms with E-state index in [1.165, 1.54) is 0 Å². The van der Waals surface area contributed by atoms with Crippen molar-refractivity contribution in [3.63, 3.8) is 0 Å². The van der Waals surface area contributed by atoms with Crippen molar-refractivity contribution in [2.75, 3.05) is 17.1 Å². The molecule has 1 N–H and O–H groups in total. The molecule has 0 aliphatic carbocycles. The highest BCUT2D eigenvalue weighted by Crippen LogP contribution is 2.30. The smallest absolute Gasteiger partial charge is 0.336 e. The molecule has 0 radical (unpaired) electrons. The first-order valence-corrected chi connectivity index (χ1v) is 10.9. The zero-order valence-electron chi connectivity index (χ0n) is 15.2. The van der Waals surface area contributed by atoms with Crippen LogP contribution in [0.1, 0.15) is 13.8 Å². The highest BCUT2D eigenvalue weighted by molar-refractivity contribution is 7.92. The topological polar surface area (TPSA) is 86.1 Å². The lowest BCUT2D eigenvalue weighted by Gasteiger charge is -2.10. The predicted molar refractivity (Wildman–Crippen MR) is 111 cm³/mol. The summed E-state index contributed by atoms with van der Waals surface area (Å²) in [4.78, 5) is 4.43. The van der Waals surface area contributed by atoms with Gasteiger partial charge in [-0.3, -0.25) is 4.72 Å². The van der Waals surface area contributed by atoms with Gasteiger partial charge in [0.15, 0.2) is 5.82 Å². The Morgan fingerprint density at radius 3 is 2.57 bits per heavy atom. The summed E-state index contributed by atoms with van der Waals surface area (Å²) in [6.45, 7) is 3.81. The number of aromatic nitrogens is 3. The van der Waals surface area contributed by atoms with Gasteiger partial charge < -0.3 is 4.74 Å². The van der Waals surface area contributed by atoms with Gasteiger partial charge in [0.1, 0.15) is 0 Å². The maximum Gasteiger partial charge on any atom is 0.336 e. The van der Waals surface area contributed by atoms with E-state index in [1.54, 1.807) is 54.1 Å². The summed E-state index contributed by atoms with van der Waals surface area (Å²) in [5.74, 6) is 0.460. The maximum absolute atomic E-state index is 11.9. The van der Waals surface area contributed by atoms with Crippen LogP contribution in [-0.2, 0) is 10.0 Å². The predicted octanol–water partition coefficient (Wildman–Crippen LogP) is 4.40. The lowest BCUT2D eigenvalue weighted by atomic mass is 10.2. The van der Waals surface area contributed by atoms with Crippen LogP contribution < -0.4 is 9.46 Å². The number of benzene rings is 2.